The molecule has 2 unspecified atom stereocenters. The van der Waals surface area contributed by atoms with Gasteiger partial charge in [-0.15, -0.1) is 0 Å². The van der Waals surface area contributed by atoms with E-state index in [1.165, 1.54) is 19.2 Å². The molecule has 7 heteroatoms. The Kier molecular flexibility index (Phi) is 4.51. The van der Waals surface area contributed by atoms with Gasteiger partial charge in [-0.25, -0.2) is 8.42 Å². The first-order chi connectivity index (χ1) is 9.37. The van der Waals surface area contributed by atoms with Gasteiger partial charge in [-0.1, -0.05) is 6.92 Å². The fraction of sp³-hybridized carbons (Fsp3) is 0.538. The Bertz CT molecular complexity index is 589. The number of thioether (sulfide) groups is 1. The molecular formula is C13H20N2O3S2. The van der Waals surface area contributed by atoms with Crippen LogP contribution in [0.1, 0.15) is 13.8 Å². The summed E-state index contributed by atoms with van der Waals surface area (Å²) in [5, 5.41) is 0.286. The van der Waals surface area contributed by atoms with E-state index in [1.807, 2.05) is 6.92 Å². The largest absolute Gasteiger partial charge is 0.495 e. The zero-order valence-corrected chi connectivity index (χ0v) is 13.5. The average molecular weight is 316 g/mol. The Hall–Kier alpha value is -0.920. The lowest BCUT2D eigenvalue weighted by Gasteiger charge is -2.36. The van der Waals surface area contributed by atoms with Gasteiger partial charge in [-0.2, -0.15) is 16.1 Å². The van der Waals surface area contributed by atoms with Crippen molar-refractivity contribution in [2.24, 2.45) is 0 Å². The molecule has 0 amide bonds. The highest BCUT2D eigenvalue weighted by molar-refractivity contribution is 8.00. The Balaban J connectivity index is 2.39. The lowest BCUT2D eigenvalue weighted by Crippen LogP contribution is -2.47. The Morgan fingerprint density at radius 3 is 2.75 bits per heavy atom. The van der Waals surface area contributed by atoms with E-state index >= 15 is 0 Å². The molecule has 5 nitrogen and oxygen atoms in total. The molecule has 0 saturated carbocycles. The zero-order chi connectivity index (χ0) is 14.9. The molecular weight excluding hydrogens is 296 g/mol. The van der Waals surface area contributed by atoms with Gasteiger partial charge in [-0.3, -0.25) is 0 Å². The van der Waals surface area contributed by atoms with E-state index in [1.54, 1.807) is 22.1 Å². The normalized spacial score (nSPS) is 24.6. The number of ether oxygens (including phenoxy) is 1. The fourth-order valence-corrected chi connectivity index (χ4v) is 5.24. The number of nitrogens with two attached hydrogens (primary N) is 1. The van der Waals surface area contributed by atoms with Crippen LogP contribution in [-0.2, 0) is 10.0 Å². The van der Waals surface area contributed by atoms with Crippen LogP contribution >= 0.6 is 11.8 Å². The van der Waals surface area contributed by atoms with Crippen LogP contribution in [0.5, 0.6) is 5.75 Å². The third-order valence-corrected chi connectivity index (χ3v) is 6.96. The van der Waals surface area contributed by atoms with Crippen LogP contribution in [0.4, 0.5) is 5.69 Å². The predicted octanol–water partition coefficient (Wildman–Crippen LogP) is 1.79. The number of benzene rings is 1. The van der Waals surface area contributed by atoms with E-state index < -0.39 is 10.0 Å². The molecule has 1 aliphatic heterocycles. The summed E-state index contributed by atoms with van der Waals surface area (Å²) in [7, 11) is -2.03. The summed E-state index contributed by atoms with van der Waals surface area (Å²) in [4.78, 5) is 0.231. The Morgan fingerprint density at radius 2 is 2.10 bits per heavy atom. The molecule has 1 saturated heterocycles. The summed E-state index contributed by atoms with van der Waals surface area (Å²) in [6, 6.07) is 4.57. The van der Waals surface area contributed by atoms with Crippen molar-refractivity contribution in [1.29, 1.82) is 0 Å². The molecule has 2 rings (SSSR count). The lowest BCUT2D eigenvalue weighted by atomic mass is 10.2. The van der Waals surface area contributed by atoms with Gasteiger partial charge in [0.1, 0.15) is 5.75 Å². The van der Waals surface area contributed by atoms with Crippen LogP contribution in [-0.4, -0.2) is 43.4 Å². The minimum Gasteiger partial charge on any atom is -0.495 e. The second kappa shape index (κ2) is 5.83. The predicted molar refractivity (Wildman–Crippen MR) is 82.7 cm³/mol. The van der Waals surface area contributed by atoms with E-state index in [9.17, 15) is 8.42 Å². The maximum absolute atomic E-state index is 12.7. The summed E-state index contributed by atoms with van der Waals surface area (Å²) < 4.78 is 32.2. The first kappa shape index (κ1) is 15.5. The number of methoxy groups -OCH3 is 1. The summed E-state index contributed by atoms with van der Waals surface area (Å²) in [6.07, 6.45) is 0. The third kappa shape index (κ3) is 2.75. The highest BCUT2D eigenvalue weighted by atomic mass is 32.2. The topological polar surface area (TPSA) is 72.6 Å². The van der Waals surface area contributed by atoms with Gasteiger partial charge < -0.3 is 10.5 Å². The van der Waals surface area contributed by atoms with Crippen molar-refractivity contribution in [2.45, 2.75) is 30.0 Å². The van der Waals surface area contributed by atoms with Crippen LogP contribution < -0.4 is 10.5 Å². The molecule has 1 aromatic rings. The van der Waals surface area contributed by atoms with Crippen LogP contribution in [0.15, 0.2) is 23.1 Å². The summed E-state index contributed by atoms with van der Waals surface area (Å²) in [5.41, 5.74) is 6.17. The van der Waals surface area contributed by atoms with Gasteiger partial charge in [0.25, 0.3) is 0 Å². The molecule has 20 heavy (non-hydrogen) atoms. The number of rotatable bonds is 3. The van der Waals surface area contributed by atoms with Crippen LogP contribution in [0.25, 0.3) is 0 Å². The van der Waals surface area contributed by atoms with Crippen molar-refractivity contribution >= 4 is 27.5 Å². The van der Waals surface area contributed by atoms with Crippen LogP contribution in [0.3, 0.4) is 0 Å². The van der Waals surface area contributed by atoms with Crippen LogP contribution in [0.2, 0.25) is 0 Å². The van der Waals surface area contributed by atoms with Gasteiger partial charge in [0.05, 0.1) is 17.7 Å². The van der Waals surface area contributed by atoms with Crippen molar-refractivity contribution in [2.75, 3.05) is 25.1 Å². The fourth-order valence-electron chi connectivity index (χ4n) is 2.23. The molecule has 2 N–H and O–H groups in total. The summed E-state index contributed by atoms with van der Waals surface area (Å²) in [6.45, 7) is 4.54. The molecule has 0 spiro atoms. The number of nitrogens with zero attached hydrogens (tertiary/aromatic N) is 1. The number of hydrogen-bond acceptors (Lipinski definition) is 5. The van der Waals surface area contributed by atoms with E-state index in [2.05, 4.69) is 6.92 Å². The van der Waals surface area contributed by atoms with Gasteiger partial charge in [0.15, 0.2) is 0 Å². The second-order valence-corrected chi connectivity index (χ2v) is 8.21. The average Bonchev–Trinajstić information content (AvgIpc) is 2.42. The highest BCUT2D eigenvalue weighted by Gasteiger charge is 2.35. The monoisotopic (exact) mass is 316 g/mol. The van der Waals surface area contributed by atoms with Crippen LogP contribution in [0, 0.1) is 0 Å². The first-order valence-electron chi connectivity index (χ1n) is 6.45. The lowest BCUT2D eigenvalue weighted by molar-refractivity contribution is 0.340. The van der Waals surface area contributed by atoms with Gasteiger partial charge in [-0.05, 0) is 19.1 Å². The molecule has 2 atom stereocenters. The van der Waals surface area contributed by atoms with Crippen molar-refractivity contribution in [3.8, 4) is 5.75 Å². The van der Waals surface area contributed by atoms with Crippen molar-refractivity contribution in [3.63, 3.8) is 0 Å². The molecule has 1 aliphatic rings. The highest BCUT2D eigenvalue weighted by Crippen LogP contribution is 2.32. The molecule has 0 bridgehead atoms. The van der Waals surface area contributed by atoms with E-state index in [-0.39, 0.29) is 16.2 Å². The quantitative estimate of drug-likeness (QED) is 0.861. The Morgan fingerprint density at radius 1 is 1.40 bits per heavy atom. The SMILES string of the molecule is COc1cc(S(=O)(=O)N2CCSC(C)C2C)ccc1N. The molecule has 0 radical (unpaired) electrons. The number of sulfonamides is 1. The molecule has 1 heterocycles. The molecule has 0 aliphatic carbocycles. The minimum atomic E-state index is -3.51. The number of nitrogen functional groups attached to an aromatic ring is 1. The Labute approximate surface area is 124 Å². The standard InChI is InChI=1S/C13H20N2O3S2/c1-9-10(2)19-7-6-15(9)20(16,17)11-4-5-12(14)13(8-11)18-3/h4-5,8-10H,6-7,14H2,1-3H3. The van der Waals surface area contributed by atoms with Crippen molar-refractivity contribution < 1.29 is 13.2 Å². The molecule has 1 aromatic carbocycles. The minimum absolute atomic E-state index is 0.0257. The summed E-state index contributed by atoms with van der Waals surface area (Å²) >= 11 is 1.80. The molecule has 112 valence electrons. The number of anilines is 1. The summed E-state index contributed by atoms with van der Waals surface area (Å²) in [5.74, 6) is 1.20. The maximum atomic E-state index is 12.7. The zero-order valence-electron chi connectivity index (χ0n) is 11.9. The number of hydrogen-bond donors (Lipinski definition) is 1. The van der Waals surface area contributed by atoms with Crippen molar-refractivity contribution in [1.82, 2.24) is 4.31 Å². The maximum Gasteiger partial charge on any atom is 0.243 e. The van der Waals surface area contributed by atoms with Gasteiger partial charge >= 0.3 is 0 Å². The van der Waals surface area contributed by atoms with E-state index in [0.717, 1.165) is 5.75 Å². The van der Waals surface area contributed by atoms with Gasteiger partial charge in [0, 0.05) is 29.7 Å². The van der Waals surface area contributed by atoms with Gasteiger partial charge in [0.2, 0.25) is 10.0 Å². The smallest absolute Gasteiger partial charge is 0.243 e. The second-order valence-electron chi connectivity index (χ2n) is 4.84. The molecule has 1 fully saturated rings. The van der Waals surface area contributed by atoms with E-state index in [0.29, 0.717) is 18.0 Å². The van der Waals surface area contributed by atoms with E-state index in [4.69, 9.17) is 10.5 Å². The third-order valence-electron chi connectivity index (χ3n) is 3.64. The van der Waals surface area contributed by atoms with Crippen molar-refractivity contribution in [3.05, 3.63) is 18.2 Å². The first-order valence-corrected chi connectivity index (χ1v) is 8.93. The molecule has 0 aromatic heterocycles.